The highest BCUT2D eigenvalue weighted by atomic mass is 32.2. The molecule has 0 aliphatic carbocycles. The van der Waals surface area contributed by atoms with Gasteiger partial charge in [0.15, 0.2) is 0 Å². The summed E-state index contributed by atoms with van der Waals surface area (Å²) >= 11 is 0. The van der Waals surface area contributed by atoms with Gasteiger partial charge in [0.25, 0.3) is 0 Å². The van der Waals surface area contributed by atoms with Crippen LogP contribution >= 0.6 is 0 Å². The van der Waals surface area contributed by atoms with Crippen LogP contribution in [0.2, 0.25) is 0 Å². The molecule has 5 heteroatoms. The number of nitrogens with zero attached hydrogens (tertiary/aromatic N) is 1. The summed E-state index contributed by atoms with van der Waals surface area (Å²) in [6, 6.07) is 0. The van der Waals surface area contributed by atoms with Gasteiger partial charge in [-0.05, 0) is 20.8 Å². The van der Waals surface area contributed by atoms with Crippen molar-refractivity contribution in [3.63, 3.8) is 0 Å². The normalized spacial score (nSPS) is 22.4. The topological polar surface area (TPSA) is 49.9 Å². The molecule has 1 heterocycles. The summed E-state index contributed by atoms with van der Waals surface area (Å²) in [5, 5.41) is 0.987. The molecule has 1 aliphatic heterocycles. The Bertz CT molecular complexity index is 311. The number of epoxide rings is 1. The Kier molecular flexibility index (Phi) is 3.04. The zero-order valence-electron chi connectivity index (χ0n) is 8.86. The van der Waals surface area contributed by atoms with Crippen LogP contribution in [0.5, 0.6) is 0 Å². The standard InChI is InChI=1S/C9H17NO3S/c1-5-14(11,12)10(9(2,3)4)6-8-7-13-8/h5,8H,1,6-7H2,2-4H3. The van der Waals surface area contributed by atoms with E-state index in [0.29, 0.717) is 13.2 Å². The lowest BCUT2D eigenvalue weighted by atomic mass is 10.1. The van der Waals surface area contributed by atoms with Crippen LogP contribution in [0.15, 0.2) is 12.0 Å². The van der Waals surface area contributed by atoms with Crippen LogP contribution < -0.4 is 0 Å². The minimum atomic E-state index is -3.36. The lowest BCUT2D eigenvalue weighted by Crippen LogP contribution is -2.46. The largest absolute Gasteiger partial charge is 0.372 e. The van der Waals surface area contributed by atoms with Gasteiger partial charge in [0.05, 0.1) is 12.7 Å². The molecule has 4 nitrogen and oxygen atoms in total. The van der Waals surface area contributed by atoms with Crippen molar-refractivity contribution in [3.05, 3.63) is 12.0 Å². The maximum absolute atomic E-state index is 11.7. The SMILES string of the molecule is C=CS(=O)(=O)N(CC1CO1)C(C)(C)C. The molecule has 1 rings (SSSR count). The molecule has 0 radical (unpaired) electrons. The number of rotatable bonds is 4. The van der Waals surface area contributed by atoms with Crippen molar-refractivity contribution in [3.8, 4) is 0 Å². The lowest BCUT2D eigenvalue weighted by molar-refractivity contribution is 0.229. The molecular formula is C9H17NO3S. The summed E-state index contributed by atoms with van der Waals surface area (Å²) in [4.78, 5) is 0. The summed E-state index contributed by atoms with van der Waals surface area (Å²) < 4.78 is 29.8. The highest BCUT2D eigenvalue weighted by molar-refractivity contribution is 7.92. The second-order valence-corrected chi connectivity index (χ2v) is 6.17. The van der Waals surface area contributed by atoms with E-state index in [9.17, 15) is 8.42 Å². The molecule has 82 valence electrons. The van der Waals surface area contributed by atoms with Gasteiger partial charge in [0.1, 0.15) is 0 Å². The van der Waals surface area contributed by atoms with Gasteiger partial charge in [-0.15, -0.1) is 0 Å². The van der Waals surface area contributed by atoms with E-state index in [1.54, 1.807) is 0 Å². The zero-order chi connectivity index (χ0) is 11.0. The fourth-order valence-electron chi connectivity index (χ4n) is 1.21. The third-order valence-electron chi connectivity index (χ3n) is 2.04. The molecule has 0 spiro atoms. The van der Waals surface area contributed by atoms with Crippen LogP contribution in [0.3, 0.4) is 0 Å². The Balaban J connectivity index is 2.85. The predicted molar refractivity (Wildman–Crippen MR) is 55.3 cm³/mol. The van der Waals surface area contributed by atoms with Gasteiger partial charge < -0.3 is 4.74 Å². The third kappa shape index (κ3) is 2.80. The van der Waals surface area contributed by atoms with Gasteiger partial charge in [0.2, 0.25) is 10.0 Å². The Morgan fingerprint density at radius 3 is 2.36 bits per heavy atom. The van der Waals surface area contributed by atoms with E-state index in [0.717, 1.165) is 5.41 Å². The first-order chi connectivity index (χ1) is 6.27. The lowest BCUT2D eigenvalue weighted by Gasteiger charge is -2.32. The van der Waals surface area contributed by atoms with Crippen molar-refractivity contribution in [2.24, 2.45) is 0 Å². The molecule has 1 atom stereocenters. The second-order valence-electron chi connectivity index (χ2n) is 4.37. The van der Waals surface area contributed by atoms with Crippen molar-refractivity contribution >= 4 is 10.0 Å². The Morgan fingerprint density at radius 1 is 1.57 bits per heavy atom. The second kappa shape index (κ2) is 3.64. The molecule has 0 amide bonds. The Hall–Kier alpha value is -0.390. The summed E-state index contributed by atoms with van der Waals surface area (Å²) in [6.45, 7) is 9.96. The van der Waals surface area contributed by atoms with Crippen LogP contribution in [-0.2, 0) is 14.8 Å². The van der Waals surface area contributed by atoms with E-state index in [4.69, 9.17) is 4.74 Å². The first-order valence-corrected chi connectivity index (χ1v) is 6.04. The number of ether oxygens (including phenoxy) is 1. The Morgan fingerprint density at radius 2 is 2.07 bits per heavy atom. The summed E-state index contributed by atoms with van der Waals surface area (Å²) in [5.41, 5.74) is -0.432. The molecule has 0 aromatic heterocycles. The fraction of sp³-hybridized carbons (Fsp3) is 0.778. The van der Waals surface area contributed by atoms with E-state index >= 15 is 0 Å². The summed E-state index contributed by atoms with van der Waals surface area (Å²) in [5.74, 6) is 0. The molecule has 0 saturated carbocycles. The number of sulfonamides is 1. The van der Waals surface area contributed by atoms with E-state index in [1.807, 2.05) is 20.8 Å². The molecular weight excluding hydrogens is 202 g/mol. The van der Waals surface area contributed by atoms with Gasteiger partial charge in [-0.2, -0.15) is 4.31 Å². The van der Waals surface area contributed by atoms with Gasteiger partial charge in [-0.25, -0.2) is 8.42 Å². The number of hydrogen-bond donors (Lipinski definition) is 0. The predicted octanol–water partition coefficient (Wildman–Crippen LogP) is 0.959. The van der Waals surface area contributed by atoms with Crippen molar-refractivity contribution in [2.75, 3.05) is 13.2 Å². The molecule has 1 unspecified atom stereocenters. The van der Waals surface area contributed by atoms with Crippen LogP contribution in [0, 0.1) is 0 Å². The van der Waals surface area contributed by atoms with Crippen molar-refractivity contribution < 1.29 is 13.2 Å². The molecule has 1 aliphatic rings. The average Bonchev–Trinajstić information content (AvgIpc) is 2.80. The quantitative estimate of drug-likeness (QED) is 0.662. The van der Waals surface area contributed by atoms with Crippen molar-refractivity contribution in [1.82, 2.24) is 4.31 Å². The van der Waals surface area contributed by atoms with Crippen molar-refractivity contribution in [1.29, 1.82) is 0 Å². The Labute approximate surface area is 85.6 Å². The van der Waals surface area contributed by atoms with Crippen molar-refractivity contribution in [2.45, 2.75) is 32.4 Å². The summed E-state index contributed by atoms with van der Waals surface area (Å²) in [6.07, 6.45) is 0.0592. The van der Waals surface area contributed by atoms with E-state index < -0.39 is 15.6 Å². The van der Waals surface area contributed by atoms with E-state index in [2.05, 4.69) is 6.58 Å². The molecule has 0 aromatic rings. The van der Waals surface area contributed by atoms with E-state index in [1.165, 1.54) is 4.31 Å². The van der Waals surface area contributed by atoms with E-state index in [-0.39, 0.29) is 6.10 Å². The van der Waals surface area contributed by atoms with Crippen LogP contribution in [0.1, 0.15) is 20.8 Å². The van der Waals surface area contributed by atoms with Crippen LogP contribution in [-0.4, -0.2) is 37.5 Å². The monoisotopic (exact) mass is 219 g/mol. The minimum Gasteiger partial charge on any atom is -0.372 e. The van der Waals surface area contributed by atoms with Crippen LogP contribution in [0.4, 0.5) is 0 Å². The highest BCUT2D eigenvalue weighted by Gasteiger charge is 2.36. The fourth-order valence-corrected chi connectivity index (χ4v) is 2.53. The van der Waals surface area contributed by atoms with Gasteiger partial charge in [-0.3, -0.25) is 0 Å². The molecule has 1 fully saturated rings. The summed E-state index contributed by atoms with van der Waals surface area (Å²) in [7, 11) is -3.36. The highest BCUT2D eigenvalue weighted by Crippen LogP contribution is 2.23. The minimum absolute atomic E-state index is 0.0592. The maximum atomic E-state index is 11.7. The number of hydrogen-bond acceptors (Lipinski definition) is 3. The molecule has 0 aromatic carbocycles. The molecule has 0 N–H and O–H groups in total. The van der Waals surface area contributed by atoms with Gasteiger partial charge in [-0.1, -0.05) is 6.58 Å². The first kappa shape index (κ1) is 11.7. The zero-order valence-corrected chi connectivity index (χ0v) is 9.67. The molecule has 14 heavy (non-hydrogen) atoms. The maximum Gasteiger partial charge on any atom is 0.236 e. The van der Waals surface area contributed by atoms with Gasteiger partial charge >= 0.3 is 0 Å². The third-order valence-corrected chi connectivity index (χ3v) is 3.77. The smallest absolute Gasteiger partial charge is 0.236 e. The molecule has 1 saturated heterocycles. The average molecular weight is 219 g/mol. The van der Waals surface area contributed by atoms with Crippen LogP contribution in [0.25, 0.3) is 0 Å². The van der Waals surface area contributed by atoms with Gasteiger partial charge in [0, 0.05) is 17.5 Å². The first-order valence-electron chi connectivity index (χ1n) is 4.54. The molecule has 0 bridgehead atoms.